The Balaban J connectivity index is 1.88. The standard InChI is InChI=1S/C22H19Cl3N2O2/c23-15-6-3-4-13(11-15)10-14-5-1-2-7-17-20(22(28)29)26-27(21(14)17)19-9-8-16(24)12-18(19)25/h3-4,6,8-9,11-12,14H,1-2,5,7,10H2,(H,28,29). The molecule has 0 aliphatic heterocycles. The van der Waals surface area contributed by atoms with Crippen LogP contribution in [0.5, 0.6) is 0 Å². The molecule has 1 atom stereocenters. The minimum Gasteiger partial charge on any atom is -0.476 e. The zero-order valence-electron chi connectivity index (χ0n) is 15.5. The van der Waals surface area contributed by atoms with Gasteiger partial charge in [0.25, 0.3) is 0 Å². The largest absolute Gasteiger partial charge is 0.476 e. The van der Waals surface area contributed by atoms with Crippen molar-refractivity contribution in [2.24, 2.45) is 0 Å². The molecule has 4 rings (SSSR count). The van der Waals surface area contributed by atoms with Crippen molar-refractivity contribution in [3.8, 4) is 5.69 Å². The van der Waals surface area contributed by atoms with E-state index in [1.165, 1.54) is 0 Å². The number of aromatic carboxylic acids is 1. The van der Waals surface area contributed by atoms with E-state index in [1.54, 1.807) is 22.9 Å². The molecule has 0 spiro atoms. The number of hydrogen-bond acceptors (Lipinski definition) is 2. The summed E-state index contributed by atoms with van der Waals surface area (Å²) in [6.45, 7) is 0. The number of carboxylic acid groups (broad SMARTS) is 1. The molecular weight excluding hydrogens is 431 g/mol. The summed E-state index contributed by atoms with van der Waals surface area (Å²) < 4.78 is 1.71. The number of carboxylic acids is 1. The summed E-state index contributed by atoms with van der Waals surface area (Å²) in [4.78, 5) is 11.9. The third-order valence-corrected chi connectivity index (χ3v) is 6.12. The first-order valence-corrected chi connectivity index (χ1v) is 10.6. The van der Waals surface area contributed by atoms with Crippen LogP contribution in [-0.4, -0.2) is 20.9 Å². The first kappa shape index (κ1) is 20.3. The maximum atomic E-state index is 11.9. The number of rotatable bonds is 4. The van der Waals surface area contributed by atoms with E-state index >= 15 is 0 Å². The molecule has 1 N–H and O–H groups in total. The summed E-state index contributed by atoms with van der Waals surface area (Å²) in [6, 6.07) is 13.0. The molecule has 0 radical (unpaired) electrons. The molecule has 0 saturated carbocycles. The molecule has 0 saturated heterocycles. The summed E-state index contributed by atoms with van der Waals surface area (Å²) in [5.74, 6) is -0.910. The molecule has 0 bridgehead atoms. The minimum atomic E-state index is -1.02. The average Bonchev–Trinajstić information content (AvgIpc) is 2.92. The van der Waals surface area contributed by atoms with E-state index in [0.29, 0.717) is 27.2 Å². The van der Waals surface area contributed by atoms with Gasteiger partial charge in [0.15, 0.2) is 5.69 Å². The van der Waals surface area contributed by atoms with Crippen LogP contribution in [0.4, 0.5) is 0 Å². The molecule has 29 heavy (non-hydrogen) atoms. The van der Waals surface area contributed by atoms with Gasteiger partial charge in [-0.15, -0.1) is 0 Å². The van der Waals surface area contributed by atoms with E-state index in [2.05, 4.69) is 5.10 Å². The molecule has 4 nitrogen and oxygen atoms in total. The van der Waals surface area contributed by atoms with Gasteiger partial charge in [0, 0.05) is 21.5 Å². The second-order valence-electron chi connectivity index (χ2n) is 7.30. The second kappa shape index (κ2) is 8.39. The van der Waals surface area contributed by atoms with E-state index < -0.39 is 5.97 Å². The fraction of sp³-hybridized carbons (Fsp3) is 0.273. The van der Waals surface area contributed by atoms with Crippen LogP contribution in [0.1, 0.15) is 52.5 Å². The Hall–Kier alpha value is -2.01. The molecule has 1 aromatic heterocycles. The third kappa shape index (κ3) is 4.16. The number of aromatic nitrogens is 2. The van der Waals surface area contributed by atoms with Crippen molar-refractivity contribution in [3.05, 3.63) is 80.0 Å². The lowest BCUT2D eigenvalue weighted by molar-refractivity contribution is 0.0688. The lowest BCUT2D eigenvalue weighted by Gasteiger charge is -2.19. The highest BCUT2D eigenvalue weighted by Gasteiger charge is 2.31. The zero-order chi connectivity index (χ0) is 20.5. The van der Waals surface area contributed by atoms with Crippen LogP contribution in [-0.2, 0) is 12.8 Å². The Labute approximate surface area is 184 Å². The predicted octanol–water partition coefficient (Wildman–Crippen LogP) is 6.58. The van der Waals surface area contributed by atoms with Crippen LogP contribution in [0.15, 0.2) is 42.5 Å². The number of nitrogens with zero attached hydrogens (tertiary/aromatic N) is 2. The summed E-state index contributed by atoms with van der Waals surface area (Å²) >= 11 is 18.7. The first-order valence-electron chi connectivity index (χ1n) is 9.49. The van der Waals surface area contributed by atoms with Crippen molar-refractivity contribution < 1.29 is 9.90 Å². The van der Waals surface area contributed by atoms with E-state index in [0.717, 1.165) is 42.5 Å². The van der Waals surface area contributed by atoms with Gasteiger partial charge in [-0.1, -0.05) is 53.4 Å². The number of carbonyl (C=O) groups is 1. The first-order chi connectivity index (χ1) is 13.9. The molecule has 0 amide bonds. The lowest BCUT2D eigenvalue weighted by atomic mass is 9.91. The molecule has 1 heterocycles. The molecule has 150 valence electrons. The minimum absolute atomic E-state index is 0.101. The molecule has 0 fully saturated rings. The lowest BCUT2D eigenvalue weighted by Crippen LogP contribution is -2.11. The van der Waals surface area contributed by atoms with Gasteiger partial charge in [0.1, 0.15) is 0 Å². The highest BCUT2D eigenvalue weighted by atomic mass is 35.5. The van der Waals surface area contributed by atoms with Crippen molar-refractivity contribution in [2.45, 2.75) is 38.0 Å². The van der Waals surface area contributed by atoms with Crippen LogP contribution in [0.25, 0.3) is 5.69 Å². The molecule has 2 aromatic carbocycles. The normalized spacial score (nSPS) is 16.3. The van der Waals surface area contributed by atoms with Gasteiger partial charge in [-0.25, -0.2) is 9.48 Å². The van der Waals surface area contributed by atoms with E-state index in [-0.39, 0.29) is 11.6 Å². The van der Waals surface area contributed by atoms with Crippen molar-refractivity contribution in [1.82, 2.24) is 9.78 Å². The van der Waals surface area contributed by atoms with Gasteiger partial charge in [0.05, 0.1) is 16.4 Å². The highest BCUT2D eigenvalue weighted by Crippen LogP contribution is 2.38. The fourth-order valence-corrected chi connectivity index (χ4v) is 4.82. The maximum absolute atomic E-state index is 11.9. The third-order valence-electron chi connectivity index (χ3n) is 5.35. The maximum Gasteiger partial charge on any atom is 0.356 e. The highest BCUT2D eigenvalue weighted by molar-refractivity contribution is 6.35. The van der Waals surface area contributed by atoms with E-state index in [4.69, 9.17) is 34.8 Å². The molecule has 1 aliphatic carbocycles. The Kier molecular flexibility index (Phi) is 5.86. The molecule has 1 unspecified atom stereocenters. The van der Waals surface area contributed by atoms with Crippen LogP contribution in [0.3, 0.4) is 0 Å². The SMILES string of the molecule is O=C(O)c1nn(-c2ccc(Cl)cc2Cl)c2c1CCCCC2Cc1cccc(Cl)c1. The van der Waals surface area contributed by atoms with E-state index in [9.17, 15) is 9.90 Å². The average molecular weight is 450 g/mol. The predicted molar refractivity (Wildman–Crippen MR) is 116 cm³/mol. The summed E-state index contributed by atoms with van der Waals surface area (Å²) in [7, 11) is 0. The van der Waals surface area contributed by atoms with E-state index in [1.807, 2.05) is 24.3 Å². The molecule has 3 aromatic rings. The van der Waals surface area contributed by atoms with Gasteiger partial charge in [-0.3, -0.25) is 0 Å². The molecule has 7 heteroatoms. The topological polar surface area (TPSA) is 55.1 Å². The van der Waals surface area contributed by atoms with Gasteiger partial charge in [-0.2, -0.15) is 5.10 Å². The van der Waals surface area contributed by atoms with Crippen LogP contribution < -0.4 is 0 Å². The quantitative estimate of drug-likeness (QED) is 0.457. The Bertz CT molecular complexity index is 1080. The van der Waals surface area contributed by atoms with Gasteiger partial charge >= 0.3 is 5.97 Å². The van der Waals surface area contributed by atoms with Crippen LogP contribution in [0.2, 0.25) is 15.1 Å². The summed E-state index contributed by atoms with van der Waals surface area (Å²) in [5.41, 5.74) is 3.57. The fourth-order valence-electron chi connectivity index (χ4n) is 4.11. The van der Waals surface area contributed by atoms with Crippen LogP contribution in [0, 0.1) is 0 Å². The van der Waals surface area contributed by atoms with Crippen LogP contribution >= 0.6 is 34.8 Å². The summed E-state index contributed by atoms with van der Waals surface area (Å²) in [5, 5.41) is 15.9. The van der Waals surface area contributed by atoms with Gasteiger partial charge < -0.3 is 5.11 Å². The smallest absolute Gasteiger partial charge is 0.356 e. The van der Waals surface area contributed by atoms with Crippen molar-refractivity contribution >= 4 is 40.8 Å². The molecule has 1 aliphatic rings. The number of halogens is 3. The Morgan fingerprint density at radius 1 is 1.10 bits per heavy atom. The Morgan fingerprint density at radius 2 is 1.90 bits per heavy atom. The summed E-state index contributed by atoms with van der Waals surface area (Å²) in [6.07, 6.45) is 4.33. The zero-order valence-corrected chi connectivity index (χ0v) is 17.8. The number of fused-ring (bicyclic) bond motifs is 1. The van der Waals surface area contributed by atoms with Gasteiger partial charge in [-0.05, 0) is 61.6 Å². The van der Waals surface area contributed by atoms with Gasteiger partial charge in [0.2, 0.25) is 0 Å². The second-order valence-corrected chi connectivity index (χ2v) is 8.58. The Morgan fingerprint density at radius 3 is 2.62 bits per heavy atom. The van der Waals surface area contributed by atoms with Crippen molar-refractivity contribution in [1.29, 1.82) is 0 Å². The number of hydrogen-bond donors (Lipinski definition) is 1. The van der Waals surface area contributed by atoms with Crippen molar-refractivity contribution in [2.75, 3.05) is 0 Å². The molecular formula is C22H19Cl3N2O2. The van der Waals surface area contributed by atoms with Crippen molar-refractivity contribution in [3.63, 3.8) is 0 Å². The monoisotopic (exact) mass is 448 g/mol. The number of benzene rings is 2.